The summed E-state index contributed by atoms with van der Waals surface area (Å²) in [6.07, 6.45) is 0.805. The SMILES string of the molecule is O=C1Nc2ccccc2C1(c1ccc(O)cc1)c1ccc(CCCS(=O)(=O)O)cc1. The van der Waals surface area contributed by atoms with Crippen molar-refractivity contribution in [1.29, 1.82) is 0 Å². The molecule has 0 fully saturated rings. The molecule has 3 aromatic rings. The van der Waals surface area contributed by atoms with Crippen LogP contribution in [-0.4, -0.2) is 29.7 Å². The topological polar surface area (TPSA) is 104 Å². The Bertz CT molecular complexity index is 1190. The summed E-state index contributed by atoms with van der Waals surface area (Å²) in [7, 11) is -3.98. The van der Waals surface area contributed by atoms with E-state index < -0.39 is 15.5 Å². The summed E-state index contributed by atoms with van der Waals surface area (Å²) in [5.74, 6) is -0.342. The third-order valence-corrected chi connectivity index (χ3v) is 6.28. The van der Waals surface area contributed by atoms with E-state index in [1.807, 2.05) is 48.5 Å². The van der Waals surface area contributed by atoms with E-state index in [1.165, 1.54) is 0 Å². The molecule has 1 amide bonds. The average Bonchev–Trinajstić information content (AvgIpc) is 3.01. The van der Waals surface area contributed by atoms with Gasteiger partial charge in [-0.25, -0.2) is 0 Å². The lowest BCUT2D eigenvalue weighted by molar-refractivity contribution is -0.118. The molecule has 0 aromatic heterocycles. The van der Waals surface area contributed by atoms with Crippen LogP contribution >= 0.6 is 0 Å². The van der Waals surface area contributed by atoms with Gasteiger partial charge in [0.15, 0.2) is 0 Å². The Morgan fingerprint density at radius 2 is 1.47 bits per heavy atom. The number of amides is 1. The predicted octanol–water partition coefficient (Wildman–Crippen LogP) is 3.50. The normalized spacial score (nSPS) is 18.1. The van der Waals surface area contributed by atoms with Gasteiger partial charge in [0, 0.05) is 11.3 Å². The molecule has 30 heavy (non-hydrogen) atoms. The van der Waals surface area contributed by atoms with Crippen molar-refractivity contribution in [3.8, 4) is 5.75 Å². The number of carbonyl (C=O) groups excluding carboxylic acids is 1. The van der Waals surface area contributed by atoms with Crippen LogP contribution in [0.2, 0.25) is 0 Å². The Labute approximate surface area is 174 Å². The molecule has 0 radical (unpaired) electrons. The number of rotatable bonds is 6. The molecule has 1 atom stereocenters. The third-order valence-electron chi connectivity index (χ3n) is 5.47. The van der Waals surface area contributed by atoms with Crippen LogP contribution in [0.3, 0.4) is 0 Å². The largest absolute Gasteiger partial charge is 0.508 e. The zero-order valence-corrected chi connectivity index (χ0v) is 16.9. The number of phenolic OH excluding ortho intramolecular Hbond substituents is 1. The van der Waals surface area contributed by atoms with Gasteiger partial charge < -0.3 is 10.4 Å². The molecule has 0 spiro atoms. The molecule has 0 bridgehead atoms. The Kier molecular flexibility index (Phi) is 5.09. The zero-order chi connectivity index (χ0) is 21.4. The maximum absolute atomic E-state index is 13.3. The molecule has 1 heterocycles. The first kappa shape index (κ1) is 20.1. The number of benzene rings is 3. The molecule has 3 N–H and O–H groups in total. The number of para-hydroxylation sites is 1. The summed E-state index contributed by atoms with van der Waals surface area (Å²) in [4.78, 5) is 13.3. The van der Waals surface area contributed by atoms with Crippen LogP contribution in [0.25, 0.3) is 0 Å². The average molecular weight is 423 g/mol. The van der Waals surface area contributed by atoms with Crippen molar-refractivity contribution in [2.75, 3.05) is 11.1 Å². The van der Waals surface area contributed by atoms with E-state index in [9.17, 15) is 18.3 Å². The van der Waals surface area contributed by atoms with Gasteiger partial charge in [0.1, 0.15) is 11.2 Å². The fourth-order valence-corrected chi connectivity index (χ4v) is 4.60. The second-order valence-electron chi connectivity index (χ2n) is 7.38. The highest BCUT2D eigenvalue weighted by Gasteiger charge is 2.49. The van der Waals surface area contributed by atoms with E-state index >= 15 is 0 Å². The maximum atomic E-state index is 13.3. The van der Waals surface area contributed by atoms with Crippen molar-refractivity contribution in [2.24, 2.45) is 0 Å². The number of hydrogen-bond donors (Lipinski definition) is 3. The molecule has 0 aliphatic carbocycles. The number of anilines is 1. The summed E-state index contributed by atoms with van der Waals surface area (Å²) in [5, 5.41) is 12.7. The zero-order valence-electron chi connectivity index (χ0n) is 16.1. The smallest absolute Gasteiger partial charge is 0.264 e. The lowest BCUT2D eigenvalue weighted by atomic mass is 9.70. The minimum Gasteiger partial charge on any atom is -0.508 e. The Balaban J connectivity index is 1.77. The lowest BCUT2D eigenvalue weighted by Gasteiger charge is -2.29. The molecular weight excluding hydrogens is 402 g/mol. The van der Waals surface area contributed by atoms with E-state index in [1.54, 1.807) is 24.3 Å². The number of carbonyl (C=O) groups is 1. The monoisotopic (exact) mass is 423 g/mol. The van der Waals surface area contributed by atoms with Gasteiger partial charge in [-0.3, -0.25) is 9.35 Å². The van der Waals surface area contributed by atoms with Crippen molar-refractivity contribution in [3.63, 3.8) is 0 Å². The van der Waals surface area contributed by atoms with E-state index in [0.29, 0.717) is 12.8 Å². The van der Waals surface area contributed by atoms with E-state index in [0.717, 1.165) is 27.9 Å². The molecular formula is C23H21NO5S. The fourth-order valence-electron chi connectivity index (χ4n) is 4.09. The number of phenols is 1. The molecule has 0 saturated carbocycles. The number of aryl methyl sites for hydroxylation is 1. The van der Waals surface area contributed by atoms with Gasteiger partial charge >= 0.3 is 0 Å². The van der Waals surface area contributed by atoms with E-state index in [-0.39, 0.29) is 17.4 Å². The van der Waals surface area contributed by atoms with E-state index in [2.05, 4.69) is 5.32 Å². The van der Waals surface area contributed by atoms with Crippen molar-refractivity contribution in [2.45, 2.75) is 18.3 Å². The Hall–Kier alpha value is -3.16. The van der Waals surface area contributed by atoms with Crippen molar-refractivity contribution < 1.29 is 22.9 Å². The predicted molar refractivity (Wildman–Crippen MR) is 114 cm³/mol. The van der Waals surface area contributed by atoms with Crippen LogP contribution in [0.5, 0.6) is 5.75 Å². The van der Waals surface area contributed by atoms with Gasteiger partial charge in [-0.1, -0.05) is 54.6 Å². The fraction of sp³-hybridized carbons (Fsp3) is 0.174. The standard InChI is InChI=1S/C23H21NO5S/c25-19-13-11-18(12-14-19)23(20-5-1-2-6-21(20)24-22(23)26)17-9-7-16(8-10-17)4-3-15-30(27,28)29/h1-2,5-14,25H,3-4,15H2,(H,24,26)(H,27,28,29). The summed E-state index contributed by atoms with van der Waals surface area (Å²) in [6.45, 7) is 0. The second kappa shape index (κ2) is 7.59. The highest BCUT2D eigenvalue weighted by atomic mass is 32.2. The maximum Gasteiger partial charge on any atom is 0.264 e. The number of aromatic hydroxyl groups is 1. The van der Waals surface area contributed by atoms with Gasteiger partial charge in [-0.15, -0.1) is 0 Å². The van der Waals surface area contributed by atoms with Gasteiger partial charge in [0.05, 0.1) is 5.75 Å². The van der Waals surface area contributed by atoms with E-state index in [4.69, 9.17) is 4.55 Å². The van der Waals surface area contributed by atoms with Crippen LogP contribution in [0.4, 0.5) is 5.69 Å². The number of hydrogen-bond acceptors (Lipinski definition) is 4. The van der Waals surface area contributed by atoms with Crippen LogP contribution < -0.4 is 5.32 Å². The van der Waals surface area contributed by atoms with Gasteiger partial charge in [0.25, 0.3) is 10.1 Å². The summed E-state index contributed by atoms with van der Waals surface area (Å²) < 4.78 is 30.7. The number of nitrogens with one attached hydrogen (secondary N) is 1. The molecule has 4 rings (SSSR count). The summed E-state index contributed by atoms with van der Waals surface area (Å²) in [5.41, 5.74) is 2.94. The Morgan fingerprint density at radius 3 is 2.10 bits per heavy atom. The second-order valence-corrected chi connectivity index (χ2v) is 8.96. The third kappa shape index (κ3) is 3.58. The number of fused-ring (bicyclic) bond motifs is 1. The first-order valence-corrected chi connectivity index (χ1v) is 11.2. The molecule has 1 aliphatic rings. The van der Waals surface area contributed by atoms with Gasteiger partial charge in [-0.2, -0.15) is 8.42 Å². The minimum absolute atomic E-state index is 0.120. The van der Waals surface area contributed by atoms with Crippen LogP contribution in [-0.2, 0) is 26.7 Å². The highest BCUT2D eigenvalue weighted by molar-refractivity contribution is 7.85. The molecule has 154 valence electrons. The molecule has 7 heteroatoms. The van der Waals surface area contributed by atoms with Crippen molar-refractivity contribution >= 4 is 21.7 Å². The minimum atomic E-state index is -3.98. The van der Waals surface area contributed by atoms with Crippen molar-refractivity contribution in [3.05, 3.63) is 95.1 Å². The van der Waals surface area contributed by atoms with Gasteiger partial charge in [0.2, 0.25) is 5.91 Å². The molecule has 0 saturated heterocycles. The van der Waals surface area contributed by atoms with Crippen LogP contribution in [0, 0.1) is 0 Å². The summed E-state index contributed by atoms with van der Waals surface area (Å²) >= 11 is 0. The first-order valence-electron chi connectivity index (χ1n) is 9.56. The van der Waals surface area contributed by atoms with Crippen molar-refractivity contribution in [1.82, 2.24) is 0 Å². The quantitative estimate of drug-likeness (QED) is 0.527. The first-order chi connectivity index (χ1) is 14.3. The molecule has 6 nitrogen and oxygen atoms in total. The van der Waals surface area contributed by atoms with Gasteiger partial charge in [-0.05, 0) is 47.7 Å². The Morgan fingerprint density at radius 1 is 0.867 bits per heavy atom. The molecule has 3 aromatic carbocycles. The molecule has 1 aliphatic heterocycles. The lowest BCUT2D eigenvalue weighted by Crippen LogP contribution is -2.37. The molecule has 1 unspecified atom stereocenters. The highest BCUT2D eigenvalue weighted by Crippen LogP contribution is 2.47. The van der Waals surface area contributed by atoms with Crippen LogP contribution in [0.15, 0.2) is 72.8 Å². The summed E-state index contributed by atoms with van der Waals surface area (Å²) in [6, 6.07) is 21.6. The van der Waals surface area contributed by atoms with Crippen LogP contribution in [0.1, 0.15) is 28.7 Å².